The van der Waals surface area contributed by atoms with Gasteiger partial charge in [-0.15, -0.1) is 0 Å². The third-order valence-corrected chi connectivity index (χ3v) is 4.85. The first-order valence-corrected chi connectivity index (χ1v) is 9.08. The van der Waals surface area contributed by atoms with Gasteiger partial charge in [0.25, 0.3) is 11.7 Å². The van der Waals surface area contributed by atoms with Gasteiger partial charge in [0.1, 0.15) is 11.5 Å². The van der Waals surface area contributed by atoms with Gasteiger partial charge in [-0.25, -0.2) is 0 Å². The van der Waals surface area contributed by atoms with Gasteiger partial charge in [0.2, 0.25) is 0 Å². The first-order valence-electron chi connectivity index (χ1n) is 9.08. The summed E-state index contributed by atoms with van der Waals surface area (Å²) in [5.74, 6) is -0.958. The van der Waals surface area contributed by atoms with Crippen LogP contribution in [0.25, 0.3) is 5.76 Å². The summed E-state index contributed by atoms with van der Waals surface area (Å²) in [7, 11) is 1.56. The number of aliphatic hydroxyl groups excluding tert-OH is 2. The summed E-state index contributed by atoms with van der Waals surface area (Å²) in [5.41, 5.74) is 2.24. The van der Waals surface area contributed by atoms with Crippen molar-refractivity contribution in [2.45, 2.75) is 19.4 Å². The number of hydrogen-bond donors (Lipinski definition) is 2. The molecule has 0 aliphatic carbocycles. The topological polar surface area (TPSA) is 87.1 Å². The molecule has 1 aliphatic rings. The standard InChI is InChI=1S/C22H23NO5/c1-14-4-6-16(7-5-14)20(25)18-19(15-8-10-17(28-2)11-9-15)23(12-3-13-24)22(27)21(18)26/h4-11,19,24-25H,3,12-13H2,1-2H3/b20-18+/t19-/m0/s1. The molecule has 1 saturated heterocycles. The number of benzene rings is 2. The van der Waals surface area contributed by atoms with Gasteiger partial charge in [0.15, 0.2) is 0 Å². The van der Waals surface area contributed by atoms with Crippen LogP contribution in [-0.4, -0.2) is 47.1 Å². The van der Waals surface area contributed by atoms with Crippen LogP contribution < -0.4 is 4.74 Å². The molecular formula is C22H23NO5. The van der Waals surface area contributed by atoms with E-state index in [2.05, 4.69) is 0 Å². The summed E-state index contributed by atoms with van der Waals surface area (Å²) in [4.78, 5) is 26.8. The molecular weight excluding hydrogens is 358 g/mol. The summed E-state index contributed by atoms with van der Waals surface area (Å²) in [6.45, 7) is 2.04. The molecule has 2 aromatic carbocycles. The Labute approximate surface area is 163 Å². The summed E-state index contributed by atoms with van der Waals surface area (Å²) in [6.07, 6.45) is 0.338. The molecule has 2 aromatic rings. The van der Waals surface area contributed by atoms with Crippen molar-refractivity contribution in [2.24, 2.45) is 0 Å². The predicted molar refractivity (Wildman–Crippen MR) is 105 cm³/mol. The van der Waals surface area contributed by atoms with Crippen molar-refractivity contribution in [2.75, 3.05) is 20.3 Å². The van der Waals surface area contributed by atoms with Crippen LogP contribution in [-0.2, 0) is 9.59 Å². The highest BCUT2D eigenvalue weighted by molar-refractivity contribution is 6.46. The van der Waals surface area contributed by atoms with Gasteiger partial charge >= 0.3 is 0 Å². The van der Waals surface area contributed by atoms with Crippen LogP contribution in [0, 0.1) is 6.92 Å². The minimum Gasteiger partial charge on any atom is -0.507 e. The molecule has 2 N–H and O–H groups in total. The predicted octanol–water partition coefficient (Wildman–Crippen LogP) is 2.81. The van der Waals surface area contributed by atoms with E-state index in [-0.39, 0.29) is 24.5 Å². The number of hydrogen-bond acceptors (Lipinski definition) is 5. The maximum Gasteiger partial charge on any atom is 0.295 e. The van der Waals surface area contributed by atoms with E-state index in [1.54, 1.807) is 43.5 Å². The monoisotopic (exact) mass is 381 g/mol. The fourth-order valence-electron chi connectivity index (χ4n) is 3.35. The Morgan fingerprint density at radius 1 is 1.07 bits per heavy atom. The minimum atomic E-state index is -0.725. The van der Waals surface area contributed by atoms with E-state index < -0.39 is 17.7 Å². The van der Waals surface area contributed by atoms with Crippen LogP contribution >= 0.6 is 0 Å². The maximum atomic E-state index is 12.8. The third kappa shape index (κ3) is 3.64. The Balaban J connectivity index is 2.13. The van der Waals surface area contributed by atoms with Crippen molar-refractivity contribution >= 4 is 17.4 Å². The molecule has 0 bridgehead atoms. The molecule has 1 amide bonds. The molecule has 1 aliphatic heterocycles. The normalized spacial score (nSPS) is 18.5. The number of Topliss-reactive ketones (excluding diaryl/α,β-unsaturated/α-hetero) is 1. The van der Waals surface area contributed by atoms with Crippen LogP contribution in [0.3, 0.4) is 0 Å². The number of amides is 1. The van der Waals surface area contributed by atoms with Gasteiger partial charge in [0.05, 0.1) is 18.7 Å². The first kappa shape index (κ1) is 19.6. The maximum absolute atomic E-state index is 12.8. The van der Waals surface area contributed by atoms with Gasteiger partial charge < -0.3 is 19.8 Å². The van der Waals surface area contributed by atoms with E-state index in [9.17, 15) is 19.8 Å². The molecule has 0 spiro atoms. The number of aryl methyl sites for hydroxylation is 1. The first-order chi connectivity index (χ1) is 13.5. The van der Waals surface area contributed by atoms with Crippen molar-refractivity contribution < 1.29 is 24.5 Å². The smallest absolute Gasteiger partial charge is 0.295 e. The number of carbonyl (C=O) groups excluding carboxylic acids is 2. The highest BCUT2D eigenvalue weighted by Gasteiger charge is 2.45. The second kappa shape index (κ2) is 8.27. The minimum absolute atomic E-state index is 0.0527. The second-order valence-electron chi connectivity index (χ2n) is 6.71. The lowest BCUT2D eigenvalue weighted by Gasteiger charge is -2.25. The van der Waals surface area contributed by atoms with Crippen molar-refractivity contribution in [3.63, 3.8) is 0 Å². The summed E-state index contributed by atoms with van der Waals surface area (Å²) >= 11 is 0. The Morgan fingerprint density at radius 2 is 1.71 bits per heavy atom. The average Bonchev–Trinajstić information content (AvgIpc) is 2.97. The molecule has 6 heteroatoms. The van der Waals surface area contributed by atoms with E-state index in [0.717, 1.165) is 5.56 Å². The number of carbonyl (C=O) groups is 2. The van der Waals surface area contributed by atoms with E-state index in [4.69, 9.17) is 4.74 Å². The van der Waals surface area contributed by atoms with Crippen molar-refractivity contribution in [3.8, 4) is 5.75 Å². The number of nitrogens with zero attached hydrogens (tertiary/aromatic N) is 1. The third-order valence-electron chi connectivity index (χ3n) is 4.85. The molecule has 3 rings (SSSR count). The van der Waals surface area contributed by atoms with E-state index in [0.29, 0.717) is 23.3 Å². The number of methoxy groups -OCH3 is 1. The highest BCUT2D eigenvalue weighted by atomic mass is 16.5. The van der Waals surface area contributed by atoms with Crippen molar-refractivity contribution in [1.82, 2.24) is 4.90 Å². The zero-order valence-electron chi connectivity index (χ0n) is 15.9. The Kier molecular flexibility index (Phi) is 5.80. The largest absolute Gasteiger partial charge is 0.507 e. The molecule has 1 fully saturated rings. The Bertz CT molecular complexity index is 900. The quantitative estimate of drug-likeness (QED) is 0.456. The Morgan fingerprint density at radius 3 is 2.29 bits per heavy atom. The lowest BCUT2D eigenvalue weighted by Crippen LogP contribution is -2.31. The molecule has 1 heterocycles. The molecule has 1 atom stereocenters. The number of ketones is 1. The molecule has 0 unspecified atom stereocenters. The summed E-state index contributed by atoms with van der Waals surface area (Å²) in [5, 5.41) is 20.1. The highest BCUT2D eigenvalue weighted by Crippen LogP contribution is 2.39. The molecule has 6 nitrogen and oxygen atoms in total. The van der Waals surface area contributed by atoms with Gasteiger partial charge in [-0.05, 0) is 31.0 Å². The lowest BCUT2D eigenvalue weighted by molar-refractivity contribution is -0.140. The van der Waals surface area contributed by atoms with Crippen molar-refractivity contribution in [3.05, 3.63) is 70.8 Å². The Hall–Kier alpha value is -3.12. The molecule has 146 valence electrons. The second-order valence-corrected chi connectivity index (χ2v) is 6.71. The van der Waals surface area contributed by atoms with E-state index >= 15 is 0 Å². The zero-order chi connectivity index (χ0) is 20.3. The van der Waals surface area contributed by atoms with Gasteiger partial charge in [0, 0.05) is 18.7 Å². The number of aliphatic hydroxyl groups is 2. The van der Waals surface area contributed by atoms with Gasteiger partial charge in [-0.2, -0.15) is 0 Å². The molecule has 0 saturated carbocycles. The van der Waals surface area contributed by atoms with E-state index in [1.165, 1.54) is 4.90 Å². The lowest BCUT2D eigenvalue weighted by atomic mass is 9.95. The SMILES string of the molecule is COc1ccc([C@H]2/C(=C(\O)c3ccc(C)cc3)C(=O)C(=O)N2CCCO)cc1. The summed E-state index contributed by atoms with van der Waals surface area (Å²) in [6, 6.07) is 13.4. The molecule has 0 aromatic heterocycles. The van der Waals surface area contributed by atoms with Crippen molar-refractivity contribution in [1.29, 1.82) is 0 Å². The fraction of sp³-hybridized carbons (Fsp3) is 0.273. The average molecular weight is 381 g/mol. The van der Waals surface area contributed by atoms with Crippen LogP contribution in [0.2, 0.25) is 0 Å². The van der Waals surface area contributed by atoms with Gasteiger partial charge in [-0.3, -0.25) is 9.59 Å². The number of likely N-dealkylation sites (tertiary alicyclic amines) is 1. The fourth-order valence-corrected chi connectivity index (χ4v) is 3.35. The van der Waals surface area contributed by atoms with Crippen LogP contribution in [0.1, 0.15) is 29.2 Å². The van der Waals surface area contributed by atoms with Crippen LogP contribution in [0.15, 0.2) is 54.1 Å². The number of rotatable bonds is 6. The van der Waals surface area contributed by atoms with E-state index in [1.807, 2.05) is 19.1 Å². The van der Waals surface area contributed by atoms with Gasteiger partial charge in [-0.1, -0.05) is 42.0 Å². The van der Waals surface area contributed by atoms with Crippen LogP contribution in [0.4, 0.5) is 0 Å². The summed E-state index contributed by atoms with van der Waals surface area (Å²) < 4.78 is 5.18. The molecule has 28 heavy (non-hydrogen) atoms. The number of ether oxygens (including phenoxy) is 1. The van der Waals surface area contributed by atoms with Crippen LogP contribution in [0.5, 0.6) is 5.75 Å². The zero-order valence-corrected chi connectivity index (χ0v) is 15.9. The molecule has 0 radical (unpaired) electrons.